The van der Waals surface area contributed by atoms with E-state index in [1.54, 1.807) is 17.5 Å². The lowest BCUT2D eigenvalue weighted by atomic mass is 10.2. The second-order valence-corrected chi connectivity index (χ2v) is 5.24. The fraction of sp³-hybridized carbons (Fsp3) is 0.417. The summed E-state index contributed by atoms with van der Waals surface area (Å²) in [7, 11) is 1.47. The van der Waals surface area contributed by atoms with Gasteiger partial charge in [-0.05, 0) is 18.5 Å². The van der Waals surface area contributed by atoms with E-state index in [4.69, 9.17) is 9.26 Å². The van der Waals surface area contributed by atoms with Crippen LogP contribution in [-0.2, 0) is 0 Å². The summed E-state index contributed by atoms with van der Waals surface area (Å²) in [6, 6.07) is 1.33. The van der Waals surface area contributed by atoms with Crippen LogP contribution in [0.5, 0.6) is 5.88 Å². The number of carbonyl (C=O) groups excluding carboxylic acids is 1. The number of carbonyl (C=O) groups is 1. The van der Waals surface area contributed by atoms with Crippen molar-refractivity contribution < 1.29 is 14.1 Å². The van der Waals surface area contributed by atoms with Crippen molar-refractivity contribution in [2.45, 2.75) is 26.3 Å². The number of ether oxygens (including phenoxy) is 1. The summed E-state index contributed by atoms with van der Waals surface area (Å²) in [5.74, 6) is 0.0855. The summed E-state index contributed by atoms with van der Waals surface area (Å²) in [5, 5.41) is 7.35. The molecule has 0 bridgehead atoms. The normalized spacial score (nSPS) is 12.2. The van der Waals surface area contributed by atoms with E-state index in [1.165, 1.54) is 13.2 Å². The zero-order valence-corrected chi connectivity index (χ0v) is 11.8. The predicted octanol–water partition coefficient (Wildman–Crippen LogP) is 2.33. The van der Waals surface area contributed by atoms with Gasteiger partial charge in [0.05, 0.1) is 19.2 Å². The van der Waals surface area contributed by atoms with Crippen LogP contribution in [0.4, 0.5) is 0 Å². The van der Waals surface area contributed by atoms with Crippen LogP contribution in [0, 0.1) is 6.92 Å². The van der Waals surface area contributed by atoms with E-state index < -0.39 is 0 Å². The van der Waals surface area contributed by atoms with Crippen LogP contribution in [0.15, 0.2) is 16.8 Å². The first-order valence-corrected chi connectivity index (χ1v) is 6.69. The molecule has 0 fully saturated rings. The Balaban J connectivity index is 2.08. The van der Waals surface area contributed by atoms with Crippen LogP contribution in [0.2, 0.25) is 0 Å². The summed E-state index contributed by atoms with van der Waals surface area (Å²) in [5.41, 5.74) is 0. The summed E-state index contributed by atoms with van der Waals surface area (Å²) in [6.45, 7) is 3.97. The highest BCUT2D eigenvalue weighted by Gasteiger charge is 2.20. The number of hydrogen-bond donors (Lipinski definition) is 1. The number of nitrogens with zero attached hydrogens (tertiary/aromatic N) is 2. The number of aryl methyl sites for hydroxylation is 1. The molecule has 2 aromatic rings. The second-order valence-electron chi connectivity index (χ2n) is 3.98. The van der Waals surface area contributed by atoms with Gasteiger partial charge in [-0.1, -0.05) is 6.92 Å². The van der Waals surface area contributed by atoms with Crippen molar-refractivity contribution in [1.29, 1.82) is 0 Å². The molecule has 7 heteroatoms. The van der Waals surface area contributed by atoms with Gasteiger partial charge in [-0.25, -0.2) is 4.98 Å². The van der Waals surface area contributed by atoms with Gasteiger partial charge in [0.2, 0.25) is 5.76 Å². The standard InChI is InChI=1S/C12H15N3O3S/c1-4-8(12-13-6-7(2)19-12)14-11(16)9-5-10(17-3)15-18-9/h5-6,8H,4H2,1-3H3,(H,14,16)/t8-/m0/s1. The number of nitrogens with one attached hydrogen (secondary N) is 1. The molecule has 102 valence electrons. The van der Waals surface area contributed by atoms with Crippen molar-refractivity contribution in [2.24, 2.45) is 0 Å². The predicted molar refractivity (Wildman–Crippen MR) is 70.4 cm³/mol. The van der Waals surface area contributed by atoms with Crippen molar-refractivity contribution in [1.82, 2.24) is 15.5 Å². The van der Waals surface area contributed by atoms with E-state index >= 15 is 0 Å². The first kappa shape index (κ1) is 13.5. The monoisotopic (exact) mass is 281 g/mol. The molecule has 0 saturated carbocycles. The second kappa shape index (κ2) is 5.83. The van der Waals surface area contributed by atoms with Crippen LogP contribution < -0.4 is 10.1 Å². The fourth-order valence-electron chi connectivity index (χ4n) is 1.56. The van der Waals surface area contributed by atoms with Gasteiger partial charge < -0.3 is 14.6 Å². The Morgan fingerprint density at radius 3 is 2.95 bits per heavy atom. The van der Waals surface area contributed by atoms with Gasteiger partial charge in [0.15, 0.2) is 0 Å². The minimum atomic E-state index is -0.324. The fourth-order valence-corrected chi connectivity index (χ4v) is 2.47. The third kappa shape index (κ3) is 3.11. The molecule has 0 radical (unpaired) electrons. The lowest BCUT2D eigenvalue weighted by molar-refractivity contribution is 0.0898. The number of methoxy groups -OCH3 is 1. The highest BCUT2D eigenvalue weighted by atomic mass is 32.1. The maximum atomic E-state index is 12.0. The maximum Gasteiger partial charge on any atom is 0.290 e. The van der Waals surface area contributed by atoms with Crippen molar-refractivity contribution >= 4 is 17.2 Å². The number of rotatable bonds is 5. The third-order valence-corrected chi connectivity index (χ3v) is 3.60. The molecule has 0 aliphatic heterocycles. The van der Waals surface area contributed by atoms with Gasteiger partial charge >= 0.3 is 0 Å². The molecule has 0 aromatic carbocycles. The van der Waals surface area contributed by atoms with E-state index in [9.17, 15) is 4.79 Å². The number of amides is 1. The Morgan fingerprint density at radius 2 is 2.42 bits per heavy atom. The Morgan fingerprint density at radius 1 is 1.63 bits per heavy atom. The molecule has 19 heavy (non-hydrogen) atoms. The summed E-state index contributed by atoms with van der Waals surface area (Å²) in [4.78, 5) is 17.4. The molecule has 0 saturated heterocycles. The Kier molecular flexibility index (Phi) is 4.16. The SMILES string of the molecule is CC[C@H](NC(=O)c1cc(OC)no1)c1ncc(C)s1. The summed E-state index contributed by atoms with van der Waals surface area (Å²) < 4.78 is 9.77. The van der Waals surface area contributed by atoms with Crippen LogP contribution >= 0.6 is 11.3 Å². The van der Waals surface area contributed by atoms with E-state index in [0.29, 0.717) is 0 Å². The molecule has 1 amide bonds. The molecule has 1 atom stereocenters. The zero-order chi connectivity index (χ0) is 13.8. The van der Waals surface area contributed by atoms with Crippen molar-refractivity contribution in [3.63, 3.8) is 0 Å². The Bertz CT molecular complexity index is 564. The zero-order valence-electron chi connectivity index (χ0n) is 11.0. The minimum Gasteiger partial charge on any atom is -0.479 e. The highest BCUT2D eigenvalue weighted by Crippen LogP contribution is 2.22. The smallest absolute Gasteiger partial charge is 0.290 e. The van der Waals surface area contributed by atoms with E-state index in [0.717, 1.165) is 16.3 Å². The van der Waals surface area contributed by atoms with Gasteiger partial charge in [-0.15, -0.1) is 11.3 Å². The molecular weight excluding hydrogens is 266 g/mol. The lowest BCUT2D eigenvalue weighted by Gasteiger charge is -2.12. The summed E-state index contributed by atoms with van der Waals surface area (Å²) in [6.07, 6.45) is 2.55. The average molecular weight is 281 g/mol. The topological polar surface area (TPSA) is 77.2 Å². The molecule has 2 aromatic heterocycles. The molecule has 0 spiro atoms. The molecule has 6 nitrogen and oxygen atoms in total. The molecule has 2 rings (SSSR count). The van der Waals surface area contributed by atoms with Gasteiger partial charge in [0.1, 0.15) is 5.01 Å². The third-order valence-electron chi connectivity index (χ3n) is 2.57. The quantitative estimate of drug-likeness (QED) is 0.910. The van der Waals surface area contributed by atoms with Crippen LogP contribution in [0.1, 0.15) is 39.8 Å². The number of aromatic nitrogens is 2. The van der Waals surface area contributed by atoms with Crippen LogP contribution in [0.25, 0.3) is 0 Å². The van der Waals surface area contributed by atoms with Crippen LogP contribution in [0.3, 0.4) is 0 Å². The maximum absolute atomic E-state index is 12.0. The van der Waals surface area contributed by atoms with Crippen LogP contribution in [-0.4, -0.2) is 23.2 Å². The van der Waals surface area contributed by atoms with E-state index in [2.05, 4.69) is 15.5 Å². The van der Waals surface area contributed by atoms with Crippen molar-refractivity contribution in [3.05, 3.63) is 27.9 Å². The molecule has 0 aliphatic rings. The van der Waals surface area contributed by atoms with Crippen molar-refractivity contribution in [3.8, 4) is 5.88 Å². The molecule has 2 heterocycles. The van der Waals surface area contributed by atoms with Gasteiger partial charge in [-0.2, -0.15) is 0 Å². The van der Waals surface area contributed by atoms with E-state index in [-0.39, 0.29) is 23.6 Å². The first-order valence-electron chi connectivity index (χ1n) is 5.88. The average Bonchev–Trinajstić information content (AvgIpc) is 3.04. The lowest BCUT2D eigenvalue weighted by Crippen LogP contribution is -2.27. The molecule has 0 aliphatic carbocycles. The number of hydrogen-bond acceptors (Lipinski definition) is 6. The Hall–Kier alpha value is -1.89. The molecule has 1 N–H and O–H groups in total. The van der Waals surface area contributed by atoms with Gasteiger partial charge in [-0.3, -0.25) is 4.79 Å². The number of thiazole rings is 1. The summed E-state index contributed by atoms with van der Waals surface area (Å²) >= 11 is 1.57. The largest absolute Gasteiger partial charge is 0.479 e. The van der Waals surface area contributed by atoms with Crippen molar-refractivity contribution in [2.75, 3.05) is 7.11 Å². The van der Waals surface area contributed by atoms with Gasteiger partial charge in [0, 0.05) is 11.1 Å². The van der Waals surface area contributed by atoms with Gasteiger partial charge in [0.25, 0.3) is 11.8 Å². The Labute approximate surface area is 114 Å². The molecule has 0 unspecified atom stereocenters. The highest BCUT2D eigenvalue weighted by molar-refractivity contribution is 7.11. The minimum absolute atomic E-state index is 0.123. The molecular formula is C12H15N3O3S. The first-order chi connectivity index (χ1) is 9.13. The van der Waals surface area contributed by atoms with E-state index in [1.807, 2.05) is 13.8 Å².